The Balaban J connectivity index is 3.01. The van der Waals surface area contributed by atoms with Crippen LogP contribution in [0.1, 0.15) is 18.1 Å². The lowest BCUT2D eigenvalue weighted by Crippen LogP contribution is -2.01. The molecule has 2 nitrogen and oxygen atoms in total. The lowest BCUT2D eigenvalue weighted by molar-refractivity contribution is 0.281. The summed E-state index contributed by atoms with van der Waals surface area (Å²) < 4.78 is 12.9. The van der Waals surface area contributed by atoms with Gasteiger partial charge in [-0.2, -0.15) is 0 Å². The van der Waals surface area contributed by atoms with E-state index in [-0.39, 0.29) is 13.2 Å². The molecule has 0 fully saturated rings. The second-order valence-electron chi connectivity index (χ2n) is 2.94. The quantitative estimate of drug-likeness (QED) is 0.740. The third-order valence-corrected chi connectivity index (χ3v) is 1.87. The highest BCUT2D eigenvalue weighted by molar-refractivity contribution is 5.33. The topological polar surface area (TPSA) is 40.5 Å². The van der Waals surface area contributed by atoms with Crippen LogP contribution < -0.4 is 0 Å². The molecule has 2 N–H and O–H groups in total. The van der Waals surface area contributed by atoms with Crippen molar-refractivity contribution in [3.63, 3.8) is 0 Å². The Morgan fingerprint density at radius 3 is 2.54 bits per heavy atom. The molecule has 0 aliphatic carbocycles. The van der Waals surface area contributed by atoms with Crippen molar-refractivity contribution in [3.05, 3.63) is 41.1 Å². The van der Waals surface area contributed by atoms with Crippen LogP contribution in [-0.4, -0.2) is 16.8 Å². The Morgan fingerprint density at radius 2 is 2.00 bits per heavy atom. The molecular weight excluding hydrogens is 171 g/mol. The Labute approximate surface area is 76.6 Å². The van der Waals surface area contributed by atoms with Gasteiger partial charge in [-0.25, -0.2) is 4.39 Å². The molecule has 0 atom stereocenters. The molecule has 1 radical (unpaired) electrons. The zero-order chi connectivity index (χ0) is 9.84. The van der Waals surface area contributed by atoms with E-state index in [0.717, 1.165) is 0 Å². The molecule has 0 aliphatic heterocycles. The van der Waals surface area contributed by atoms with E-state index >= 15 is 0 Å². The fourth-order valence-electron chi connectivity index (χ4n) is 1.08. The van der Waals surface area contributed by atoms with Crippen molar-refractivity contribution in [2.24, 2.45) is 0 Å². The number of rotatable bonds is 3. The molecule has 0 heterocycles. The molecule has 1 aromatic carbocycles. The van der Waals surface area contributed by atoms with Gasteiger partial charge < -0.3 is 10.2 Å². The maximum Gasteiger partial charge on any atom is 0.123 e. The van der Waals surface area contributed by atoms with Gasteiger partial charge in [0.25, 0.3) is 0 Å². The van der Waals surface area contributed by atoms with Crippen molar-refractivity contribution in [3.8, 4) is 0 Å². The predicted octanol–water partition coefficient (Wildman–Crippen LogP) is 1.25. The number of hydrogen-bond donors (Lipinski definition) is 2. The molecule has 0 aromatic heterocycles. The first-order chi connectivity index (χ1) is 6.17. The van der Waals surface area contributed by atoms with Crippen LogP contribution in [0.25, 0.3) is 0 Å². The summed E-state index contributed by atoms with van der Waals surface area (Å²) in [5, 5.41) is 17.6. The Hall–Kier alpha value is -0.930. The van der Waals surface area contributed by atoms with Crippen LogP contribution >= 0.6 is 0 Å². The van der Waals surface area contributed by atoms with E-state index in [9.17, 15) is 4.39 Å². The Kier molecular flexibility index (Phi) is 3.39. The largest absolute Gasteiger partial charge is 0.395 e. The van der Waals surface area contributed by atoms with Crippen molar-refractivity contribution in [2.75, 3.05) is 6.61 Å². The molecule has 0 spiro atoms. The van der Waals surface area contributed by atoms with Crippen LogP contribution in [0.15, 0.2) is 18.2 Å². The van der Waals surface area contributed by atoms with E-state index in [1.54, 1.807) is 13.0 Å². The lowest BCUT2D eigenvalue weighted by atomic mass is 10.00. The predicted molar refractivity (Wildman–Crippen MR) is 47.4 cm³/mol. The first kappa shape index (κ1) is 10.2. The van der Waals surface area contributed by atoms with Crippen LogP contribution in [0.4, 0.5) is 4.39 Å². The fraction of sp³-hybridized carbons (Fsp3) is 0.300. The van der Waals surface area contributed by atoms with Crippen LogP contribution in [0.2, 0.25) is 0 Å². The summed E-state index contributed by atoms with van der Waals surface area (Å²) in [6.07, 6.45) is 0. The maximum absolute atomic E-state index is 12.9. The third kappa shape index (κ3) is 2.50. The summed E-state index contributed by atoms with van der Waals surface area (Å²) in [5.74, 6) is 0.295. The highest BCUT2D eigenvalue weighted by Gasteiger charge is 2.07. The van der Waals surface area contributed by atoms with Crippen molar-refractivity contribution in [2.45, 2.75) is 13.5 Å². The first-order valence-corrected chi connectivity index (χ1v) is 4.01. The number of benzene rings is 1. The number of hydrogen-bond acceptors (Lipinski definition) is 2. The van der Waals surface area contributed by atoms with Gasteiger partial charge in [-0.15, -0.1) is 0 Å². The van der Waals surface area contributed by atoms with E-state index in [1.165, 1.54) is 12.1 Å². The normalized spacial score (nSPS) is 10.8. The van der Waals surface area contributed by atoms with Crippen molar-refractivity contribution in [1.29, 1.82) is 0 Å². The summed E-state index contributed by atoms with van der Waals surface area (Å²) in [6, 6.07) is 4.27. The Bertz CT molecular complexity index is 286. The van der Waals surface area contributed by atoms with Crippen LogP contribution in [0.3, 0.4) is 0 Å². The maximum atomic E-state index is 12.9. The van der Waals surface area contributed by atoms with Gasteiger partial charge in [-0.1, -0.05) is 13.0 Å². The molecule has 3 heteroatoms. The molecule has 0 aliphatic rings. The van der Waals surface area contributed by atoms with Crippen LogP contribution in [0, 0.1) is 11.7 Å². The van der Waals surface area contributed by atoms with Crippen LogP contribution in [-0.2, 0) is 6.61 Å². The fourth-order valence-corrected chi connectivity index (χ4v) is 1.08. The monoisotopic (exact) mass is 183 g/mol. The molecule has 0 unspecified atom stereocenters. The summed E-state index contributed by atoms with van der Waals surface area (Å²) >= 11 is 0. The standard InChI is InChI=1S/C10H12FO2/c1-7(5-12)9-2-8(6-13)3-10(11)4-9/h2-4,12-13H,5-6H2,1H3. The molecule has 0 amide bonds. The SMILES string of the molecule is C[C](CO)c1cc(F)cc(CO)c1. The molecule has 13 heavy (non-hydrogen) atoms. The molecule has 0 saturated carbocycles. The van der Waals surface area contributed by atoms with Gasteiger partial charge in [-0.3, -0.25) is 0 Å². The number of aliphatic hydroxyl groups excluding tert-OH is 2. The molecule has 1 rings (SSSR count). The van der Waals surface area contributed by atoms with E-state index in [1.807, 2.05) is 0 Å². The van der Waals surface area contributed by atoms with Gasteiger partial charge in [0.2, 0.25) is 0 Å². The van der Waals surface area contributed by atoms with E-state index < -0.39 is 5.82 Å². The zero-order valence-corrected chi connectivity index (χ0v) is 7.42. The van der Waals surface area contributed by atoms with E-state index in [2.05, 4.69) is 0 Å². The van der Waals surface area contributed by atoms with Crippen molar-refractivity contribution >= 4 is 0 Å². The van der Waals surface area contributed by atoms with Gasteiger partial charge in [0.05, 0.1) is 13.2 Å². The molecule has 71 valence electrons. The van der Waals surface area contributed by atoms with Crippen LogP contribution in [0.5, 0.6) is 0 Å². The van der Waals surface area contributed by atoms with Gasteiger partial charge in [0, 0.05) is 5.92 Å². The van der Waals surface area contributed by atoms with Gasteiger partial charge in [0.1, 0.15) is 5.82 Å². The lowest BCUT2D eigenvalue weighted by Gasteiger charge is -2.08. The van der Waals surface area contributed by atoms with Gasteiger partial charge in [-0.05, 0) is 23.3 Å². The second-order valence-corrected chi connectivity index (χ2v) is 2.94. The second kappa shape index (κ2) is 4.35. The Morgan fingerprint density at radius 1 is 1.31 bits per heavy atom. The minimum absolute atomic E-state index is 0.103. The zero-order valence-electron chi connectivity index (χ0n) is 7.42. The van der Waals surface area contributed by atoms with Crippen molar-refractivity contribution < 1.29 is 14.6 Å². The molecule has 1 aromatic rings. The van der Waals surface area contributed by atoms with Gasteiger partial charge in [0.15, 0.2) is 0 Å². The molecule has 0 saturated heterocycles. The van der Waals surface area contributed by atoms with Gasteiger partial charge >= 0.3 is 0 Å². The highest BCUT2D eigenvalue weighted by atomic mass is 19.1. The average Bonchev–Trinajstić information content (AvgIpc) is 2.15. The summed E-state index contributed by atoms with van der Waals surface area (Å²) in [5.41, 5.74) is 1.15. The summed E-state index contributed by atoms with van der Waals surface area (Å²) in [4.78, 5) is 0. The minimum atomic E-state index is -0.394. The van der Waals surface area contributed by atoms with E-state index in [0.29, 0.717) is 17.0 Å². The molecule has 0 bridgehead atoms. The third-order valence-electron chi connectivity index (χ3n) is 1.87. The minimum Gasteiger partial charge on any atom is -0.395 e. The highest BCUT2D eigenvalue weighted by Crippen LogP contribution is 2.17. The summed E-state index contributed by atoms with van der Waals surface area (Å²) in [6.45, 7) is 1.42. The first-order valence-electron chi connectivity index (χ1n) is 4.01. The molecular formula is C10H12FO2. The van der Waals surface area contributed by atoms with E-state index in [4.69, 9.17) is 10.2 Å². The summed E-state index contributed by atoms with van der Waals surface area (Å²) in [7, 11) is 0. The van der Waals surface area contributed by atoms with Crippen molar-refractivity contribution in [1.82, 2.24) is 0 Å². The average molecular weight is 183 g/mol. The smallest absolute Gasteiger partial charge is 0.123 e. The number of aliphatic hydroxyl groups is 2. The number of halogens is 1.